The van der Waals surface area contributed by atoms with Crippen molar-refractivity contribution in [3.8, 4) is 5.75 Å². The third-order valence-corrected chi connectivity index (χ3v) is 4.91. The number of nitrogen functional groups attached to an aromatic ring is 1. The average molecular weight is 338 g/mol. The molecule has 0 aliphatic carbocycles. The van der Waals surface area contributed by atoms with Crippen LogP contribution in [-0.2, 0) is 11.2 Å². The van der Waals surface area contributed by atoms with Crippen molar-refractivity contribution in [3.63, 3.8) is 0 Å². The second-order valence-corrected chi connectivity index (χ2v) is 6.64. The Bertz CT molecular complexity index is 695. The summed E-state index contributed by atoms with van der Waals surface area (Å²) in [4.78, 5) is 15.0. The fraction of sp³-hybridized carbons (Fsp3) is 0.381. The molecule has 0 aromatic heterocycles. The first kappa shape index (κ1) is 17.3. The maximum Gasteiger partial charge on any atom is 0.227 e. The Morgan fingerprint density at radius 2 is 1.80 bits per heavy atom. The van der Waals surface area contributed by atoms with Crippen molar-refractivity contribution in [1.82, 2.24) is 4.90 Å². The van der Waals surface area contributed by atoms with E-state index in [9.17, 15) is 4.79 Å². The lowest BCUT2D eigenvalue weighted by molar-refractivity contribution is -0.132. The number of nitrogens with zero attached hydrogens (tertiary/aromatic N) is 1. The molecule has 2 aromatic rings. The van der Waals surface area contributed by atoms with Crippen LogP contribution < -0.4 is 10.5 Å². The van der Waals surface area contributed by atoms with Crippen LogP contribution in [0.25, 0.3) is 0 Å². The summed E-state index contributed by atoms with van der Waals surface area (Å²) in [6.07, 6.45) is 4.84. The van der Waals surface area contributed by atoms with Gasteiger partial charge in [-0.2, -0.15) is 0 Å². The van der Waals surface area contributed by atoms with Gasteiger partial charge in [0.1, 0.15) is 5.75 Å². The van der Waals surface area contributed by atoms with E-state index in [0.717, 1.165) is 42.8 Å². The zero-order chi connectivity index (χ0) is 17.6. The Kier molecular flexibility index (Phi) is 5.59. The smallest absolute Gasteiger partial charge is 0.227 e. The molecule has 2 aromatic carbocycles. The van der Waals surface area contributed by atoms with Crippen molar-refractivity contribution >= 4 is 11.6 Å². The molecule has 4 heteroatoms. The number of likely N-dealkylation sites (tertiary alicyclic amines) is 1. The van der Waals surface area contributed by atoms with Crippen molar-refractivity contribution in [2.24, 2.45) is 0 Å². The number of nitrogens with two attached hydrogens (primary N) is 1. The Morgan fingerprint density at radius 1 is 1.08 bits per heavy atom. The van der Waals surface area contributed by atoms with Gasteiger partial charge in [-0.1, -0.05) is 37.1 Å². The van der Waals surface area contributed by atoms with Crippen LogP contribution in [-0.4, -0.2) is 24.5 Å². The molecule has 0 bridgehead atoms. The van der Waals surface area contributed by atoms with Gasteiger partial charge in [0.05, 0.1) is 19.6 Å². The van der Waals surface area contributed by atoms with Crippen LogP contribution in [0.1, 0.15) is 42.9 Å². The molecule has 0 radical (unpaired) electrons. The predicted molar refractivity (Wildman–Crippen MR) is 100 cm³/mol. The Hall–Kier alpha value is -2.49. The number of amides is 1. The van der Waals surface area contributed by atoms with E-state index in [4.69, 9.17) is 10.5 Å². The molecule has 25 heavy (non-hydrogen) atoms. The monoisotopic (exact) mass is 338 g/mol. The molecule has 1 fully saturated rings. The zero-order valence-corrected chi connectivity index (χ0v) is 14.8. The van der Waals surface area contributed by atoms with Crippen LogP contribution in [0.3, 0.4) is 0 Å². The van der Waals surface area contributed by atoms with Gasteiger partial charge in [0, 0.05) is 12.2 Å². The van der Waals surface area contributed by atoms with Gasteiger partial charge in [0.2, 0.25) is 5.91 Å². The van der Waals surface area contributed by atoms with E-state index in [1.807, 2.05) is 36.4 Å². The summed E-state index contributed by atoms with van der Waals surface area (Å²) in [5.74, 6) is 1.03. The molecule has 0 spiro atoms. The minimum absolute atomic E-state index is 0.148. The van der Waals surface area contributed by atoms with Gasteiger partial charge in [-0.25, -0.2) is 0 Å². The molecule has 1 unspecified atom stereocenters. The lowest BCUT2D eigenvalue weighted by atomic mass is 10.00. The van der Waals surface area contributed by atoms with Crippen molar-refractivity contribution in [2.75, 3.05) is 19.4 Å². The number of ether oxygens (including phenoxy) is 1. The fourth-order valence-electron chi connectivity index (χ4n) is 3.49. The van der Waals surface area contributed by atoms with Gasteiger partial charge < -0.3 is 15.4 Å². The van der Waals surface area contributed by atoms with Crippen LogP contribution in [0.5, 0.6) is 5.75 Å². The summed E-state index contributed by atoms with van der Waals surface area (Å²) in [6.45, 7) is 0.824. The second kappa shape index (κ2) is 8.06. The molecule has 0 saturated carbocycles. The van der Waals surface area contributed by atoms with Gasteiger partial charge in [-0.15, -0.1) is 0 Å². The normalized spacial score (nSPS) is 17.8. The lowest BCUT2D eigenvalue weighted by Gasteiger charge is -2.31. The third-order valence-electron chi connectivity index (χ3n) is 4.91. The van der Waals surface area contributed by atoms with Crippen LogP contribution in [0.15, 0.2) is 48.5 Å². The van der Waals surface area contributed by atoms with E-state index < -0.39 is 0 Å². The van der Waals surface area contributed by atoms with Gasteiger partial charge >= 0.3 is 0 Å². The highest BCUT2D eigenvalue weighted by Crippen LogP contribution is 2.31. The van der Waals surface area contributed by atoms with Crippen molar-refractivity contribution in [2.45, 2.75) is 38.1 Å². The van der Waals surface area contributed by atoms with Gasteiger partial charge in [-0.05, 0) is 48.2 Å². The first-order chi connectivity index (χ1) is 12.2. The maximum atomic E-state index is 13.0. The van der Waals surface area contributed by atoms with E-state index in [1.165, 1.54) is 12.0 Å². The van der Waals surface area contributed by atoms with Crippen LogP contribution in [0.2, 0.25) is 0 Å². The summed E-state index contributed by atoms with van der Waals surface area (Å²) in [5, 5.41) is 0. The highest BCUT2D eigenvalue weighted by molar-refractivity contribution is 5.79. The maximum absolute atomic E-state index is 13.0. The first-order valence-electron chi connectivity index (χ1n) is 8.95. The molecule has 132 valence electrons. The minimum atomic E-state index is 0.148. The first-order valence-corrected chi connectivity index (χ1v) is 8.95. The number of hydrogen-bond donors (Lipinski definition) is 1. The molecular formula is C21H26N2O2. The number of rotatable bonds is 4. The van der Waals surface area contributed by atoms with Crippen molar-refractivity contribution in [3.05, 3.63) is 59.7 Å². The molecule has 3 rings (SSSR count). The van der Waals surface area contributed by atoms with Gasteiger partial charge in [0.15, 0.2) is 0 Å². The number of carbonyl (C=O) groups is 1. The van der Waals surface area contributed by atoms with E-state index in [1.54, 1.807) is 7.11 Å². The van der Waals surface area contributed by atoms with E-state index >= 15 is 0 Å². The van der Waals surface area contributed by atoms with E-state index in [0.29, 0.717) is 6.42 Å². The highest BCUT2D eigenvalue weighted by Gasteiger charge is 2.26. The number of methoxy groups -OCH3 is 1. The van der Waals surface area contributed by atoms with Crippen molar-refractivity contribution in [1.29, 1.82) is 0 Å². The number of benzene rings is 2. The molecule has 1 atom stereocenters. The molecule has 1 amide bonds. The largest absolute Gasteiger partial charge is 0.497 e. The Morgan fingerprint density at radius 3 is 2.48 bits per heavy atom. The van der Waals surface area contributed by atoms with Gasteiger partial charge in [0.25, 0.3) is 0 Å². The molecule has 1 saturated heterocycles. The molecule has 4 nitrogen and oxygen atoms in total. The molecule has 1 heterocycles. The summed E-state index contributed by atoms with van der Waals surface area (Å²) in [6, 6.07) is 15.8. The highest BCUT2D eigenvalue weighted by atomic mass is 16.5. The standard InChI is InChI=1S/C21H26N2O2/c1-25-19-12-8-17(9-13-19)20-5-3-2-4-14-23(20)21(24)15-16-6-10-18(22)11-7-16/h6-13,20H,2-5,14-15,22H2,1H3. The predicted octanol–water partition coefficient (Wildman–Crippen LogP) is 3.96. The SMILES string of the molecule is COc1ccc(C2CCCCCN2C(=O)Cc2ccc(N)cc2)cc1. The zero-order valence-electron chi connectivity index (χ0n) is 14.8. The number of hydrogen-bond acceptors (Lipinski definition) is 3. The number of anilines is 1. The van der Waals surface area contributed by atoms with E-state index in [2.05, 4.69) is 17.0 Å². The van der Waals surface area contributed by atoms with Crippen LogP contribution >= 0.6 is 0 Å². The van der Waals surface area contributed by atoms with E-state index in [-0.39, 0.29) is 11.9 Å². The lowest BCUT2D eigenvalue weighted by Crippen LogP contribution is -2.35. The van der Waals surface area contributed by atoms with Crippen molar-refractivity contribution < 1.29 is 9.53 Å². The molecule has 1 aliphatic rings. The average Bonchev–Trinajstić information content (AvgIpc) is 2.90. The summed E-state index contributed by atoms with van der Waals surface area (Å²) >= 11 is 0. The topological polar surface area (TPSA) is 55.6 Å². The molecular weight excluding hydrogens is 312 g/mol. The molecule has 2 N–H and O–H groups in total. The minimum Gasteiger partial charge on any atom is -0.497 e. The summed E-state index contributed by atoms with van der Waals surface area (Å²) < 4.78 is 5.25. The van der Waals surface area contributed by atoms with Gasteiger partial charge in [-0.3, -0.25) is 4.79 Å². The fourth-order valence-corrected chi connectivity index (χ4v) is 3.49. The van der Waals surface area contributed by atoms with Crippen LogP contribution in [0.4, 0.5) is 5.69 Å². The second-order valence-electron chi connectivity index (χ2n) is 6.64. The Labute approximate surface area is 149 Å². The van der Waals surface area contributed by atoms with Crippen LogP contribution in [0, 0.1) is 0 Å². The Balaban J connectivity index is 1.79. The summed E-state index contributed by atoms with van der Waals surface area (Å²) in [5.41, 5.74) is 8.66. The summed E-state index contributed by atoms with van der Waals surface area (Å²) in [7, 11) is 1.67. The number of carbonyl (C=O) groups excluding carboxylic acids is 1. The molecule has 1 aliphatic heterocycles. The third kappa shape index (κ3) is 4.32. The quantitative estimate of drug-likeness (QED) is 0.859.